The highest BCUT2D eigenvalue weighted by Crippen LogP contribution is 2.12. The van der Waals surface area contributed by atoms with E-state index in [1.807, 2.05) is 0 Å². The maximum atomic E-state index is 13.3. The third kappa shape index (κ3) is 3.15. The van der Waals surface area contributed by atoms with Crippen LogP contribution in [0.1, 0.15) is 10.5 Å². The van der Waals surface area contributed by atoms with E-state index in [0.717, 1.165) is 0 Å². The number of anilines is 1. The van der Waals surface area contributed by atoms with Crippen LogP contribution in [0.2, 0.25) is 0 Å². The second-order valence-corrected chi connectivity index (χ2v) is 3.73. The molecule has 1 aromatic carbocycles. The topological polar surface area (TPSA) is 84.2 Å². The molecule has 0 radical (unpaired) electrons. The average Bonchev–Trinajstić information content (AvgIpc) is 2.80. The van der Waals surface area contributed by atoms with Crippen LogP contribution >= 0.6 is 0 Å². The number of amides is 1. The Hall–Kier alpha value is -2.70. The molecule has 0 aliphatic rings. The van der Waals surface area contributed by atoms with E-state index in [9.17, 15) is 14.0 Å². The van der Waals surface area contributed by atoms with Gasteiger partial charge in [-0.2, -0.15) is 5.10 Å². The summed E-state index contributed by atoms with van der Waals surface area (Å²) >= 11 is 0. The zero-order valence-electron chi connectivity index (χ0n) is 9.71. The summed E-state index contributed by atoms with van der Waals surface area (Å²) in [5.41, 5.74) is -0.0863. The Balaban J connectivity index is 2.01. The zero-order chi connectivity index (χ0) is 13.8. The highest BCUT2D eigenvalue weighted by Gasteiger charge is 2.10. The van der Waals surface area contributed by atoms with Gasteiger partial charge < -0.3 is 10.4 Å². The SMILES string of the molecule is O=C(Cn1ccc(C(=O)O)n1)Nc1ccccc1F. The smallest absolute Gasteiger partial charge is 0.356 e. The lowest BCUT2D eigenvalue weighted by molar-refractivity contribution is -0.116. The lowest BCUT2D eigenvalue weighted by atomic mass is 10.3. The van der Waals surface area contributed by atoms with E-state index in [0.29, 0.717) is 0 Å². The van der Waals surface area contributed by atoms with E-state index < -0.39 is 17.7 Å². The quantitative estimate of drug-likeness (QED) is 0.872. The Labute approximate surface area is 107 Å². The summed E-state index contributed by atoms with van der Waals surface area (Å²) in [6.45, 7) is -0.193. The van der Waals surface area contributed by atoms with Gasteiger partial charge in [0.05, 0.1) is 5.69 Å². The van der Waals surface area contributed by atoms with E-state index in [1.54, 1.807) is 6.07 Å². The van der Waals surface area contributed by atoms with E-state index >= 15 is 0 Å². The van der Waals surface area contributed by atoms with E-state index in [4.69, 9.17) is 5.11 Å². The molecule has 2 rings (SSSR count). The molecular formula is C12H10FN3O3. The van der Waals surface area contributed by atoms with Crippen LogP contribution in [0.5, 0.6) is 0 Å². The molecule has 1 heterocycles. The van der Waals surface area contributed by atoms with E-state index in [2.05, 4.69) is 10.4 Å². The van der Waals surface area contributed by atoms with E-state index in [-0.39, 0.29) is 17.9 Å². The number of carbonyl (C=O) groups excluding carboxylic acids is 1. The van der Waals surface area contributed by atoms with Crippen LogP contribution in [0.3, 0.4) is 0 Å². The van der Waals surface area contributed by atoms with Gasteiger partial charge in [0, 0.05) is 6.20 Å². The largest absolute Gasteiger partial charge is 0.476 e. The van der Waals surface area contributed by atoms with Gasteiger partial charge in [0.2, 0.25) is 5.91 Å². The Morgan fingerprint density at radius 1 is 1.32 bits per heavy atom. The normalized spacial score (nSPS) is 10.2. The third-order valence-corrected chi connectivity index (χ3v) is 2.31. The number of aromatic nitrogens is 2. The average molecular weight is 263 g/mol. The Morgan fingerprint density at radius 3 is 2.68 bits per heavy atom. The second-order valence-electron chi connectivity index (χ2n) is 3.73. The fourth-order valence-electron chi connectivity index (χ4n) is 1.46. The molecule has 0 bridgehead atoms. The predicted octanol–water partition coefficient (Wildman–Crippen LogP) is 1.36. The van der Waals surface area contributed by atoms with Gasteiger partial charge in [-0.3, -0.25) is 9.48 Å². The number of rotatable bonds is 4. The number of carboxylic acid groups (broad SMARTS) is 1. The van der Waals surface area contributed by atoms with Gasteiger partial charge >= 0.3 is 5.97 Å². The van der Waals surface area contributed by atoms with Gasteiger partial charge in [-0.15, -0.1) is 0 Å². The molecule has 2 N–H and O–H groups in total. The molecule has 19 heavy (non-hydrogen) atoms. The Kier molecular flexibility index (Phi) is 3.56. The van der Waals surface area contributed by atoms with Gasteiger partial charge in [0.25, 0.3) is 0 Å². The van der Waals surface area contributed by atoms with Crippen LogP contribution in [0.25, 0.3) is 0 Å². The van der Waals surface area contributed by atoms with Crippen molar-refractivity contribution >= 4 is 17.6 Å². The van der Waals surface area contributed by atoms with Gasteiger partial charge in [-0.05, 0) is 18.2 Å². The van der Waals surface area contributed by atoms with Crippen LogP contribution in [0, 0.1) is 5.82 Å². The molecule has 0 unspecified atom stereocenters. The van der Waals surface area contributed by atoms with Crippen molar-refractivity contribution in [2.45, 2.75) is 6.54 Å². The van der Waals surface area contributed by atoms with Gasteiger partial charge in [-0.25, -0.2) is 9.18 Å². The minimum atomic E-state index is -1.17. The first kappa shape index (κ1) is 12.7. The highest BCUT2D eigenvalue weighted by molar-refractivity contribution is 5.90. The van der Waals surface area contributed by atoms with Gasteiger partial charge in [0.15, 0.2) is 5.69 Å². The molecular weight excluding hydrogens is 253 g/mol. The molecule has 0 saturated heterocycles. The molecule has 6 nitrogen and oxygen atoms in total. The molecule has 7 heteroatoms. The number of nitrogens with one attached hydrogen (secondary N) is 1. The van der Waals surface area contributed by atoms with Crippen molar-refractivity contribution in [3.05, 3.63) is 48.0 Å². The summed E-state index contributed by atoms with van der Waals surface area (Å²) in [5, 5.41) is 14.7. The number of hydrogen-bond acceptors (Lipinski definition) is 3. The Morgan fingerprint density at radius 2 is 2.05 bits per heavy atom. The minimum Gasteiger partial charge on any atom is -0.476 e. The van der Waals surface area contributed by atoms with Crippen molar-refractivity contribution in [2.75, 3.05) is 5.32 Å². The maximum Gasteiger partial charge on any atom is 0.356 e. The predicted molar refractivity (Wildman–Crippen MR) is 64.2 cm³/mol. The zero-order valence-corrected chi connectivity index (χ0v) is 9.71. The number of benzene rings is 1. The molecule has 2 aromatic rings. The van der Waals surface area contributed by atoms with Crippen molar-refractivity contribution in [3.63, 3.8) is 0 Å². The fourth-order valence-corrected chi connectivity index (χ4v) is 1.46. The number of nitrogens with zero attached hydrogens (tertiary/aromatic N) is 2. The fraction of sp³-hybridized carbons (Fsp3) is 0.0833. The molecule has 0 fully saturated rings. The molecule has 0 atom stereocenters. The van der Waals surface area contributed by atoms with Crippen LogP contribution < -0.4 is 5.32 Å². The number of carboxylic acids is 1. The summed E-state index contributed by atoms with van der Waals surface area (Å²) in [7, 11) is 0. The number of aromatic carboxylic acids is 1. The highest BCUT2D eigenvalue weighted by atomic mass is 19.1. The van der Waals surface area contributed by atoms with Crippen molar-refractivity contribution < 1.29 is 19.1 Å². The second kappa shape index (κ2) is 5.30. The summed E-state index contributed by atoms with van der Waals surface area (Å²) in [6, 6.07) is 7.04. The first-order valence-corrected chi connectivity index (χ1v) is 5.37. The van der Waals surface area contributed by atoms with E-state index in [1.165, 1.54) is 35.1 Å². The van der Waals surface area contributed by atoms with Gasteiger partial charge in [-0.1, -0.05) is 12.1 Å². The summed E-state index contributed by atoms with van der Waals surface area (Å²) in [6.07, 6.45) is 1.37. The van der Waals surface area contributed by atoms with Crippen LogP contribution in [0.15, 0.2) is 36.5 Å². The lowest BCUT2D eigenvalue weighted by Gasteiger charge is -2.05. The van der Waals surface area contributed by atoms with Crippen molar-refractivity contribution in [3.8, 4) is 0 Å². The van der Waals surface area contributed by atoms with Crippen LogP contribution in [-0.2, 0) is 11.3 Å². The number of hydrogen-bond donors (Lipinski definition) is 2. The number of carbonyl (C=O) groups is 2. The van der Waals surface area contributed by atoms with Crippen molar-refractivity contribution in [2.24, 2.45) is 0 Å². The third-order valence-electron chi connectivity index (χ3n) is 2.31. The summed E-state index contributed by atoms with van der Waals surface area (Å²) < 4.78 is 14.5. The van der Waals surface area contributed by atoms with Gasteiger partial charge in [0.1, 0.15) is 12.4 Å². The monoisotopic (exact) mass is 263 g/mol. The molecule has 0 aliphatic carbocycles. The first-order valence-electron chi connectivity index (χ1n) is 5.37. The van der Waals surface area contributed by atoms with Crippen LogP contribution in [-0.4, -0.2) is 26.8 Å². The summed E-state index contributed by atoms with van der Waals surface area (Å²) in [5.74, 6) is -2.21. The number of para-hydroxylation sites is 1. The molecule has 0 aliphatic heterocycles. The van der Waals surface area contributed by atoms with Crippen LogP contribution in [0.4, 0.5) is 10.1 Å². The maximum absolute atomic E-state index is 13.3. The first-order chi connectivity index (χ1) is 9.06. The minimum absolute atomic E-state index is 0.0677. The molecule has 0 saturated carbocycles. The molecule has 0 spiro atoms. The number of halogens is 1. The standard InChI is InChI=1S/C12H10FN3O3/c13-8-3-1-2-4-9(8)14-11(17)7-16-6-5-10(15-16)12(18)19/h1-6H,7H2,(H,14,17)(H,18,19). The molecule has 1 aromatic heterocycles. The van der Waals surface area contributed by atoms with Crippen molar-refractivity contribution in [1.82, 2.24) is 9.78 Å². The summed E-state index contributed by atoms with van der Waals surface area (Å²) in [4.78, 5) is 22.2. The molecule has 1 amide bonds. The van der Waals surface area contributed by atoms with Crippen molar-refractivity contribution in [1.29, 1.82) is 0 Å². The Bertz CT molecular complexity index is 624. The molecule has 98 valence electrons. The lowest BCUT2D eigenvalue weighted by Crippen LogP contribution is -2.20.